The zero-order chi connectivity index (χ0) is 13.8. The minimum atomic E-state index is -0.273. The van der Waals surface area contributed by atoms with Gasteiger partial charge in [-0.05, 0) is 48.9 Å². The van der Waals surface area contributed by atoms with E-state index in [0.29, 0.717) is 23.1 Å². The molecule has 2 aromatic rings. The van der Waals surface area contributed by atoms with Gasteiger partial charge in [0.25, 0.3) is 0 Å². The van der Waals surface area contributed by atoms with Crippen molar-refractivity contribution in [2.24, 2.45) is 0 Å². The predicted octanol–water partition coefficient (Wildman–Crippen LogP) is 4.38. The molecule has 0 saturated heterocycles. The molecule has 19 heavy (non-hydrogen) atoms. The molecule has 0 fully saturated rings. The second-order valence-corrected chi connectivity index (χ2v) is 4.59. The maximum absolute atomic E-state index is 13.0. The standard InChI is InChI=1S/C15H14ClFO2/c1-10-7-13(17)4-6-14(10)19-9-11-8-12(16)3-5-15(11)18-2/h3-8H,9H2,1-2H3. The van der Waals surface area contributed by atoms with Crippen LogP contribution in [0.4, 0.5) is 4.39 Å². The van der Waals surface area contributed by atoms with Crippen LogP contribution in [0.15, 0.2) is 36.4 Å². The lowest BCUT2D eigenvalue weighted by Crippen LogP contribution is -2.00. The monoisotopic (exact) mass is 280 g/mol. The van der Waals surface area contributed by atoms with Gasteiger partial charge in [0.1, 0.15) is 23.9 Å². The summed E-state index contributed by atoms with van der Waals surface area (Å²) >= 11 is 5.95. The van der Waals surface area contributed by atoms with Crippen LogP contribution in [0.3, 0.4) is 0 Å². The number of methoxy groups -OCH3 is 1. The van der Waals surface area contributed by atoms with Crippen LogP contribution in [0.25, 0.3) is 0 Å². The van der Waals surface area contributed by atoms with Gasteiger partial charge in [-0.15, -0.1) is 0 Å². The summed E-state index contributed by atoms with van der Waals surface area (Å²) in [5.41, 5.74) is 1.60. The molecule has 0 aliphatic rings. The van der Waals surface area contributed by atoms with Gasteiger partial charge in [0.2, 0.25) is 0 Å². The summed E-state index contributed by atoms with van der Waals surface area (Å²) in [5.74, 6) is 1.08. The fraction of sp³-hybridized carbons (Fsp3) is 0.200. The van der Waals surface area contributed by atoms with Crippen LogP contribution in [-0.4, -0.2) is 7.11 Å². The van der Waals surface area contributed by atoms with E-state index in [1.165, 1.54) is 12.1 Å². The first-order valence-electron chi connectivity index (χ1n) is 5.81. The highest BCUT2D eigenvalue weighted by Gasteiger charge is 2.06. The van der Waals surface area contributed by atoms with E-state index in [0.717, 1.165) is 11.1 Å². The van der Waals surface area contributed by atoms with Crippen molar-refractivity contribution in [3.05, 3.63) is 58.4 Å². The quantitative estimate of drug-likeness (QED) is 0.828. The van der Waals surface area contributed by atoms with Crippen molar-refractivity contribution < 1.29 is 13.9 Å². The van der Waals surface area contributed by atoms with Gasteiger partial charge in [0.15, 0.2) is 0 Å². The lowest BCUT2D eigenvalue weighted by Gasteiger charge is -2.12. The molecule has 0 aromatic heterocycles. The first-order chi connectivity index (χ1) is 9.10. The molecule has 4 heteroatoms. The number of hydrogen-bond acceptors (Lipinski definition) is 2. The number of halogens is 2. The maximum Gasteiger partial charge on any atom is 0.125 e. The van der Waals surface area contributed by atoms with Crippen LogP contribution in [0.1, 0.15) is 11.1 Å². The Morgan fingerprint density at radius 1 is 1.11 bits per heavy atom. The lowest BCUT2D eigenvalue weighted by atomic mass is 10.2. The first kappa shape index (κ1) is 13.7. The van der Waals surface area contributed by atoms with Crippen LogP contribution in [0.5, 0.6) is 11.5 Å². The van der Waals surface area contributed by atoms with Gasteiger partial charge in [-0.3, -0.25) is 0 Å². The van der Waals surface area contributed by atoms with Gasteiger partial charge in [-0.1, -0.05) is 11.6 Å². The third-order valence-corrected chi connectivity index (χ3v) is 3.00. The van der Waals surface area contributed by atoms with Gasteiger partial charge in [0.05, 0.1) is 7.11 Å². The highest BCUT2D eigenvalue weighted by Crippen LogP contribution is 2.25. The topological polar surface area (TPSA) is 18.5 Å². The number of rotatable bonds is 4. The predicted molar refractivity (Wildman–Crippen MR) is 73.5 cm³/mol. The summed E-state index contributed by atoms with van der Waals surface area (Å²) in [6.45, 7) is 2.11. The average Bonchev–Trinajstić information content (AvgIpc) is 2.38. The van der Waals surface area contributed by atoms with Gasteiger partial charge in [-0.25, -0.2) is 4.39 Å². The second kappa shape index (κ2) is 5.93. The third-order valence-electron chi connectivity index (χ3n) is 2.76. The summed E-state index contributed by atoms with van der Waals surface area (Å²) < 4.78 is 23.9. The van der Waals surface area contributed by atoms with Gasteiger partial charge in [-0.2, -0.15) is 0 Å². The van der Waals surface area contributed by atoms with Crippen molar-refractivity contribution in [2.45, 2.75) is 13.5 Å². The Kier molecular flexibility index (Phi) is 4.27. The first-order valence-corrected chi connectivity index (χ1v) is 6.19. The minimum Gasteiger partial charge on any atom is -0.496 e. The number of benzene rings is 2. The van der Waals surface area contributed by atoms with Gasteiger partial charge in [0, 0.05) is 10.6 Å². The lowest BCUT2D eigenvalue weighted by molar-refractivity contribution is 0.294. The Morgan fingerprint density at radius 3 is 2.53 bits per heavy atom. The molecule has 0 atom stereocenters. The van der Waals surface area contributed by atoms with Gasteiger partial charge >= 0.3 is 0 Å². The second-order valence-electron chi connectivity index (χ2n) is 4.15. The SMILES string of the molecule is COc1ccc(Cl)cc1COc1ccc(F)cc1C. The van der Waals surface area contributed by atoms with Crippen molar-refractivity contribution in [3.63, 3.8) is 0 Å². The van der Waals surface area contributed by atoms with Crippen LogP contribution in [0, 0.1) is 12.7 Å². The summed E-state index contributed by atoms with van der Waals surface area (Å²) in [6.07, 6.45) is 0. The fourth-order valence-electron chi connectivity index (χ4n) is 1.79. The van der Waals surface area contributed by atoms with Crippen molar-refractivity contribution in [3.8, 4) is 11.5 Å². The number of aryl methyl sites for hydroxylation is 1. The Balaban J connectivity index is 2.16. The zero-order valence-electron chi connectivity index (χ0n) is 10.7. The molecule has 0 aliphatic heterocycles. The molecule has 0 unspecified atom stereocenters. The summed E-state index contributed by atoms with van der Waals surface area (Å²) in [4.78, 5) is 0. The largest absolute Gasteiger partial charge is 0.496 e. The summed E-state index contributed by atoms with van der Waals surface area (Å²) in [7, 11) is 1.59. The Morgan fingerprint density at radius 2 is 1.84 bits per heavy atom. The van der Waals surface area contributed by atoms with E-state index in [-0.39, 0.29) is 5.82 Å². The van der Waals surface area contributed by atoms with E-state index in [4.69, 9.17) is 21.1 Å². The molecule has 2 aromatic carbocycles. The molecule has 0 saturated carbocycles. The van der Waals surface area contributed by atoms with E-state index >= 15 is 0 Å². The van der Waals surface area contributed by atoms with E-state index < -0.39 is 0 Å². The van der Waals surface area contributed by atoms with Crippen LogP contribution in [-0.2, 0) is 6.61 Å². The van der Waals surface area contributed by atoms with E-state index in [9.17, 15) is 4.39 Å². The molecular weight excluding hydrogens is 267 g/mol. The molecule has 0 radical (unpaired) electrons. The van der Waals surface area contributed by atoms with Crippen LogP contribution in [0.2, 0.25) is 5.02 Å². The molecular formula is C15H14ClFO2. The van der Waals surface area contributed by atoms with Crippen molar-refractivity contribution in [1.29, 1.82) is 0 Å². The number of ether oxygens (including phenoxy) is 2. The summed E-state index contributed by atoms with van der Waals surface area (Å²) in [6, 6.07) is 9.76. The Bertz CT molecular complexity index is 584. The zero-order valence-corrected chi connectivity index (χ0v) is 11.5. The fourth-order valence-corrected chi connectivity index (χ4v) is 1.98. The number of hydrogen-bond donors (Lipinski definition) is 0. The van der Waals surface area contributed by atoms with Crippen molar-refractivity contribution in [1.82, 2.24) is 0 Å². The molecule has 0 N–H and O–H groups in total. The summed E-state index contributed by atoms with van der Waals surface area (Å²) in [5, 5.41) is 0.621. The van der Waals surface area contributed by atoms with E-state index in [1.807, 2.05) is 0 Å². The van der Waals surface area contributed by atoms with E-state index in [1.54, 1.807) is 38.3 Å². The minimum absolute atomic E-state index is 0.273. The highest BCUT2D eigenvalue weighted by molar-refractivity contribution is 6.30. The molecule has 2 rings (SSSR count). The molecule has 0 spiro atoms. The Labute approximate surface area is 116 Å². The molecule has 0 bridgehead atoms. The average molecular weight is 281 g/mol. The molecule has 0 aliphatic carbocycles. The molecule has 2 nitrogen and oxygen atoms in total. The van der Waals surface area contributed by atoms with Crippen LogP contribution < -0.4 is 9.47 Å². The highest BCUT2D eigenvalue weighted by atomic mass is 35.5. The molecule has 0 amide bonds. The molecule has 0 heterocycles. The van der Waals surface area contributed by atoms with Crippen molar-refractivity contribution in [2.75, 3.05) is 7.11 Å². The van der Waals surface area contributed by atoms with Gasteiger partial charge < -0.3 is 9.47 Å². The van der Waals surface area contributed by atoms with E-state index in [2.05, 4.69) is 0 Å². The Hall–Kier alpha value is -1.74. The van der Waals surface area contributed by atoms with Crippen molar-refractivity contribution >= 4 is 11.6 Å². The van der Waals surface area contributed by atoms with Crippen LogP contribution >= 0.6 is 11.6 Å². The third kappa shape index (κ3) is 3.38. The molecule has 100 valence electrons. The normalized spacial score (nSPS) is 10.3. The smallest absolute Gasteiger partial charge is 0.125 e. The maximum atomic E-state index is 13.0.